The summed E-state index contributed by atoms with van der Waals surface area (Å²) in [5.74, 6) is 0. The first kappa shape index (κ1) is 13.6. The first-order valence-electron chi connectivity index (χ1n) is 5.83. The van der Waals surface area contributed by atoms with Gasteiger partial charge in [0, 0.05) is 31.2 Å². The predicted octanol–water partition coefficient (Wildman–Crippen LogP) is 2.28. The molecule has 0 saturated heterocycles. The highest BCUT2D eigenvalue weighted by Gasteiger charge is 2.06. The van der Waals surface area contributed by atoms with Crippen LogP contribution in [0.2, 0.25) is 0 Å². The third-order valence-electron chi connectivity index (χ3n) is 2.14. The standard InChI is InChI=1S/C12H21NO2S/c1-3-14-12(15-4-2)10-13-8-7-11-6-5-9-16-11/h5-6,9,12-13H,3-4,7-8,10H2,1-2H3. The summed E-state index contributed by atoms with van der Waals surface area (Å²) in [6, 6.07) is 4.25. The fourth-order valence-electron chi connectivity index (χ4n) is 1.42. The number of rotatable bonds is 9. The lowest BCUT2D eigenvalue weighted by molar-refractivity contribution is -0.132. The molecule has 1 aromatic rings. The van der Waals surface area contributed by atoms with Crippen LogP contribution in [0.3, 0.4) is 0 Å². The maximum absolute atomic E-state index is 5.44. The maximum Gasteiger partial charge on any atom is 0.169 e. The summed E-state index contributed by atoms with van der Waals surface area (Å²) in [5, 5.41) is 5.46. The quantitative estimate of drug-likeness (QED) is 0.533. The summed E-state index contributed by atoms with van der Waals surface area (Å²) in [7, 11) is 0. The van der Waals surface area contributed by atoms with E-state index in [0.717, 1.165) is 19.5 Å². The lowest BCUT2D eigenvalue weighted by atomic mass is 10.3. The van der Waals surface area contributed by atoms with Crippen molar-refractivity contribution in [2.45, 2.75) is 26.6 Å². The van der Waals surface area contributed by atoms with Gasteiger partial charge in [-0.05, 0) is 31.7 Å². The van der Waals surface area contributed by atoms with Gasteiger partial charge >= 0.3 is 0 Å². The maximum atomic E-state index is 5.44. The van der Waals surface area contributed by atoms with Crippen molar-refractivity contribution < 1.29 is 9.47 Å². The first-order valence-corrected chi connectivity index (χ1v) is 6.71. The molecule has 0 aliphatic carbocycles. The number of thiophene rings is 1. The molecule has 0 aliphatic heterocycles. The van der Waals surface area contributed by atoms with Crippen LogP contribution in [0, 0.1) is 0 Å². The first-order chi connectivity index (χ1) is 7.86. The van der Waals surface area contributed by atoms with Gasteiger partial charge in [-0.2, -0.15) is 0 Å². The normalized spacial score (nSPS) is 11.2. The van der Waals surface area contributed by atoms with E-state index < -0.39 is 0 Å². The van der Waals surface area contributed by atoms with Crippen LogP contribution in [-0.2, 0) is 15.9 Å². The monoisotopic (exact) mass is 243 g/mol. The molecule has 0 aromatic carbocycles. The molecule has 0 bridgehead atoms. The van der Waals surface area contributed by atoms with Gasteiger partial charge in [0.2, 0.25) is 0 Å². The summed E-state index contributed by atoms with van der Waals surface area (Å²) in [4.78, 5) is 1.41. The Labute approximate surface area is 102 Å². The molecular weight excluding hydrogens is 222 g/mol. The van der Waals surface area contributed by atoms with Gasteiger partial charge in [0.05, 0.1) is 0 Å². The number of hydrogen-bond acceptors (Lipinski definition) is 4. The lowest BCUT2D eigenvalue weighted by Crippen LogP contribution is -2.32. The third kappa shape index (κ3) is 5.61. The van der Waals surface area contributed by atoms with Gasteiger partial charge in [-0.1, -0.05) is 6.07 Å². The smallest absolute Gasteiger partial charge is 0.169 e. The minimum atomic E-state index is -0.113. The van der Waals surface area contributed by atoms with Crippen molar-refractivity contribution in [3.8, 4) is 0 Å². The van der Waals surface area contributed by atoms with E-state index in [2.05, 4.69) is 22.8 Å². The SMILES string of the molecule is CCOC(CNCCc1cccs1)OCC. The Bertz CT molecular complexity index is 246. The van der Waals surface area contributed by atoms with Crippen molar-refractivity contribution >= 4 is 11.3 Å². The minimum Gasteiger partial charge on any atom is -0.352 e. The highest BCUT2D eigenvalue weighted by atomic mass is 32.1. The van der Waals surface area contributed by atoms with Gasteiger partial charge in [0.15, 0.2) is 6.29 Å². The van der Waals surface area contributed by atoms with Crippen LogP contribution in [0.5, 0.6) is 0 Å². The average molecular weight is 243 g/mol. The molecular formula is C12H21NO2S. The molecule has 1 N–H and O–H groups in total. The molecule has 4 heteroatoms. The summed E-state index contributed by atoms with van der Waals surface area (Å²) in [5.41, 5.74) is 0. The van der Waals surface area contributed by atoms with Gasteiger partial charge in [-0.15, -0.1) is 11.3 Å². The zero-order chi connectivity index (χ0) is 11.6. The van der Waals surface area contributed by atoms with Crippen LogP contribution >= 0.6 is 11.3 Å². The Balaban J connectivity index is 2.08. The molecule has 3 nitrogen and oxygen atoms in total. The van der Waals surface area contributed by atoms with E-state index in [9.17, 15) is 0 Å². The fraction of sp³-hybridized carbons (Fsp3) is 0.667. The molecule has 0 atom stereocenters. The molecule has 0 aliphatic rings. The van der Waals surface area contributed by atoms with E-state index in [4.69, 9.17) is 9.47 Å². The molecule has 0 fully saturated rings. The van der Waals surface area contributed by atoms with Crippen molar-refractivity contribution in [3.05, 3.63) is 22.4 Å². The number of hydrogen-bond donors (Lipinski definition) is 1. The molecule has 0 amide bonds. The van der Waals surface area contributed by atoms with E-state index in [1.165, 1.54) is 4.88 Å². The minimum absolute atomic E-state index is 0.113. The van der Waals surface area contributed by atoms with Crippen molar-refractivity contribution in [2.24, 2.45) is 0 Å². The molecule has 1 heterocycles. The van der Waals surface area contributed by atoms with Gasteiger partial charge in [-0.25, -0.2) is 0 Å². The molecule has 0 spiro atoms. The van der Waals surface area contributed by atoms with Crippen molar-refractivity contribution in [1.29, 1.82) is 0 Å². The second kappa shape index (κ2) is 8.70. The van der Waals surface area contributed by atoms with Crippen LogP contribution in [0.4, 0.5) is 0 Å². The Kier molecular flexibility index (Phi) is 7.42. The predicted molar refractivity (Wildman–Crippen MR) is 67.9 cm³/mol. The van der Waals surface area contributed by atoms with Crippen LogP contribution in [0.15, 0.2) is 17.5 Å². The van der Waals surface area contributed by atoms with Crippen molar-refractivity contribution in [3.63, 3.8) is 0 Å². The van der Waals surface area contributed by atoms with E-state index in [0.29, 0.717) is 13.2 Å². The topological polar surface area (TPSA) is 30.5 Å². The van der Waals surface area contributed by atoms with Gasteiger partial charge in [-0.3, -0.25) is 0 Å². The van der Waals surface area contributed by atoms with Gasteiger partial charge in [0.1, 0.15) is 0 Å². The van der Waals surface area contributed by atoms with Crippen LogP contribution in [0.25, 0.3) is 0 Å². The lowest BCUT2D eigenvalue weighted by Gasteiger charge is -2.17. The van der Waals surface area contributed by atoms with Gasteiger partial charge < -0.3 is 14.8 Å². The third-order valence-corrected chi connectivity index (χ3v) is 3.08. The number of ether oxygens (including phenoxy) is 2. The van der Waals surface area contributed by atoms with E-state index in [-0.39, 0.29) is 6.29 Å². The fourth-order valence-corrected chi connectivity index (χ4v) is 2.13. The molecule has 16 heavy (non-hydrogen) atoms. The molecule has 1 aromatic heterocycles. The zero-order valence-electron chi connectivity index (χ0n) is 10.1. The summed E-state index contributed by atoms with van der Waals surface area (Å²) in [6.45, 7) is 7.08. The zero-order valence-corrected chi connectivity index (χ0v) is 10.9. The number of nitrogens with one attached hydrogen (secondary N) is 1. The molecule has 0 unspecified atom stereocenters. The molecule has 1 rings (SSSR count). The van der Waals surface area contributed by atoms with Crippen LogP contribution < -0.4 is 5.32 Å². The largest absolute Gasteiger partial charge is 0.352 e. The molecule has 92 valence electrons. The summed E-state index contributed by atoms with van der Waals surface area (Å²) >= 11 is 1.80. The van der Waals surface area contributed by atoms with E-state index in [1.54, 1.807) is 11.3 Å². The Morgan fingerprint density at radius 1 is 1.31 bits per heavy atom. The Hall–Kier alpha value is -0.420. The van der Waals surface area contributed by atoms with Crippen molar-refractivity contribution in [1.82, 2.24) is 5.32 Å². The average Bonchev–Trinajstić information content (AvgIpc) is 2.78. The second-order valence-corrected chi connectivity index (χ2v) is 4.41. The van der Waals surface area contributed by atoms with Crippen LogP contribution in [0.1, 0.15) is 18.7 Å². The highest BCUT2D eigenvalue weighted by Crippen LogP contribution is 2.08. The molecule has 0 radical (unpaired) electrons. The Morgan fingerprint density at radius 2 is 2.06 bits per heavy atom. The Morgan fingerprint density at radius 3 is 2.62 bits per heavy atom. The van der Waals surface area contributed by atoms with Gasteiger partial charge in [0.25, 0.3) is 0 Å². The summed E-state index contributed by atoms with van der Waals surface area (Å²) < 4.78 is 10.9. The molecule has 0 saturated carbocycles. The van der Waals surface area contributed by atoms with E-state index in [1.807, 2.05) is 13.8 Å². The van der Waals surface area contributed by atoms with Crippen molar-refractivity contribution in [2.75, 3.05) is 26.3 Å². The highest BCUT2D eigenvalue weighted by molar-refractivity contribution is 7.09. The second-order valence-electron chi connectivity index (χ2n) is 3.37. The van der Waals surface area contributed by atoms with E-state index >= 15 is 0 Å². The van der Waals surface area contributed by atoms with Crippen LogP contribution in [-0.4, -0.2) is 32.6 Å². The summed E-state index contributed by atoms with van der Waals surface area (Å²) in [6.07, 6.45) is 0.959.